The van der Waals surface area contributed by atoms with Crippen molar-refractivity contribution in [1.29, 1.82) is 0 Å². The van der Waals surface area contributed by atoms with E-state index in [1.54, 1.807) is 35.2 Å². The summed E-state index contributed by atoms with van der Waals surface area (Å²) in [6, 6.07) is 10.7. The van der Waals surface area contributed by atoms with Gasteiger partial charge in [0.25, 0.3) is 5.91 Å². The maximum absolute atomic E-state index is 13.0. The first-order valence-electron chi connectivity index (χ1n) is 9.26. The molecule has 1 aliphatic rings. The number of benzene rings is 1. The summed E-state index contributed by atoms with van der Waals surface area (Å²) in [6.07, 6.45) is 0. The average Bonchev–Trinajstić information content (AvgIpc) is 2.96. The molecule has 1 aromatic heterocycles. The Morgan fingerprint density at radius 1 is 1.00 bits per heavy atom. The predicted molar refractivity (Wildman–Crippen MR) is 105 cm³/mol. The van der Waals surface area contributed by atoms with Crippen molar-refractivity contribution in [1.82, 2.24) is 13.8 Å². The molecule has 1 fully saturated rings. The predicted octanol–water partition coefficient (Wildman–Crippen LogP) is 2.83. The van der Waals surface area contributed by atoms with E-state index in [0.29, 0.717) is 42.7 Å². The first-order chi connectivity index (χ1) is 12.7. The van der Waals surface area contributed by atoms with Gasteiger partial charge in [-0.05, 0) is 45.9 Å². The van der Waals surface area contributed by atoms with E-state index in [2.05, 4.69) is 18.4 Å². The highest BCUT2D eigenvalue weighted by atomic mass is 32.2. The fraction of sp³-hybridized carbons (Fsp3) is 0.450. The fourth-order valence-electron chi connectivity index (χ4n) is 3.83. The van der Waals surface area contributed by atoms with Crippen LogP contribution >= 0.6 is 0 Å². The van der Waals surface area contributed by atoms with Crippen molar-refractivity contribution in [2.24, 2.45) is 0 Å². The second-order valence-electron chi connectivity index (χ2n) is 7.26. The third-order valence-corrected chi connectivity index (χ3v) is 7.05. The lowest BCUT2D eigenvalue weighted by molar-refractivity contribution is 0.0697. The molecule has 0 aliphatic carbocycles. The Kier molecular flexibility index (Phi) is 5.44. The number of carbonyl (C=O) groups excluding carboxylic acids is 1. The summed E-state index contributed by atoms with van der Waals surface area (Å²) in [5.74, 6) is -0.0215. The second kappa shape index (κ2) is 7.48. The van der Waals surface area contributed by atoms with E-state index < -0.39 is 10.0 Å². The van der Waals surface area contributed by atoms with Gasteiger partial charge in [0, 0.05) is 43.6 Å². The molecule has 2 aromatic rings. The molecule has 2 heterocycles. The molecule has 6 nitrogen and oxygen atoms in total. The van der Waals surface area contributed by atoms with Crippen LogP contribution in [0, 0.1) is 13.8 Å². The van der Waals surface area contributed by atoms with Crippen molar-refractivity contribution >= 4 is 15.9 Å². The normalized spacial score (nSPS) is 16.1. The summed E-state index contributed by atoms with van der Waals surface area (Å²) in [7, 11) is -3.51. The second-order valence-corrected chi connectivity index (χ2v) is 9.20. The molecule has 3 rings (SSSR count). The van der Waals surface area contributed by atoms with Gasteiger partial charge in [-0.2, -0.15) is 4.31 Å². The maximum Gasteiger partial charge on any atom is 0.255 e. The Bertz CT molecular complexity index is 925. The van der Waals surface area contributed by atoms with Crippen LogP contribution in [0.1, 0.15) is 41.6 Å². The number of amides is 1. The quantitative estimate of drug-likeness (QED) is 0.808. The molecule has 0 N–H and O–H groups in total. The Labute approximate surface area is 161 Å². The van der Waals surface area contributed by atoms with Crippen molar-refractivity contribution in [3.8, 4) is 0 Å². The van der Waals surface area contributed by atoms with E-state index in [0.717, 1.165) is 11.4 Å². The fourth-order valence-corrected chi connectivity index (χ4v) is 5.27. The van der Waals surface area contributed by atoms with E-state index in [1.165, 1.54) is 4.31 Å². The van der Waals surface area contributed by atoms with Gasteiger partial charge in [0.05, 0.1) is 10.5 Å². The Morgan fingerprint density at radius 3 is 2.11 bits per heavy atom. The molecular formula is C20H27N3O3S. The summed E-state index contributed by atoms with van der Waals surface area (Å²) < 4.78 is 29.1. The Morgan fingerprint density at radius 2 is 1.59 bits per heavy atom. The molecule has 7 heteroatoms. The van der Waals surface area contributed by atoms with E-state index in [9.17, 15) is 13.2 Å². The molecule has 0 radical (unpaired) electrons. The van der Waals surface area contributed by atoms with Crippen LogP contribution in [0.25, 0.3) is 0 Å². The molecular weight excluding hydrogens is 362 g/mol. The molecule has 0 unspecified atom stereocenters. The summed E-state index contributed by atoms with van der Waals surface area (Å²) in [5.41, 5.74) is 2.74. The average molecular weight is 390 g/mol. The van der Waals surface area contributed by atoms with Crippen LogP contribution in [-0.4, -0.2) is 54.3 Å². The number of hydrogen-bond donors (Lipinski definition) is 0. The summed E-state index contributed by atoms with van der Waals surface area (Å²) in [4.78, 5) is 15.0. The number of nitrogens with zero attached hydrogens (tertiary/aromatic N) is 3. The summed E-state index contributed by atoms with van der Waals surface area (Å²) in [6.45, 7) is 9.59. The summed E-state index contributed by atoms with van der Waals surface area (Å²) in [5, 5.41) is 0. The van der Waals surface area contributed by atoms with Gasteiger partial charge in [0.2, 0.25) is 10.0 Å². The van der Waals surface area contributed by atoms with Crippen LogP contribution in [0.15, 0.2) is 41.3 Å². The molecule has 1 aromatic carbocycles. The van der Waals surface area contributed by atoms with Crippen molar-refractivity contribution in [3.63, 3.8) is 0 Å². The lowest BCUT2D eigenvalue weighted by atomic mass is 10.2. The van der Waals surface area contributed by atoms with E-state index >= 15 is 0 Å². The van der Waals surface area contributed by atoms with Crippen molar-refractivity contribution in [2.45, 2.75) is 38.6 Å². The third-order valence-electron chi connectivity index (χ3n) is 5.14. The monoisotopic (exact) mass is 389 g/mol. The zero-order valence-corrected chi connectivity index (χ0v) is 17.2. The topological polar surface area (TPSA) is 62.6 Å². The standard InChI is InChI=1S/C20H27N3O3S/c1-15(2)23-16(3)14-19(17(23)4)20(24)21-10-12-22(13-11-21)27(25,26)18-8-6-5-7-9-18/h5-9,14-15H,10-13H2,1-4H3. The van der Waals surface area contributed by atoms with E-state index in [1.807, 2.05) is 19.9 Å². The molecule has 1 aliphatic heterocycles. The van der Waals surface area contributed by atoms with Gasteiger partial charge in [0.15, 0.2) is 0 Å². The molecule has 1 amide bonds. The van der Waals surface area contributed by atoms with Crippen LogP contribution in [0.3, 0.4) is 0 Å². The Hall–Kier alpha value is -2.12. The van der Waals surface area contributed by atoms with Crippen LogP contribution in [0.2, 0.25) is 0 Å². The molecule has 27 heavy (non-hydrogen) atoms. The van der Waals surface area contributed by atoms with Crippen LogP contribution in [0.4, 0.5) is 0 Å². The number of hydrogen-bond acceptors (Lipinski definition) is 3. The van der Waals surface area contributed by atoms with E-state index in [4.69, 9.17) is 0 Å². The van der Waals surface area contributed by atoms with E-state index in [-0.39, 0.29) is 5.91 Å². The van der Waals surface area contributed by atoms with Gasteiger partial charge >= 0.3 is 0 Å². The van der Waals surface area contributed by atoms with Crippen LogP contribution in [-0.2, 0) is 10.0 Å². The summed E-state index contributed by atoms with van der Waals surface area (Å²) >= 11 is 0. The number of sulfonamides is 1. The minimum Gasteiger partial charge on any atom is -0.346 e. The third kappa shape index (κ3) is 3.66. The molecule has 0 saturated carbocycles. The number of aromatic nitrogens is 1. The minimum atomic E-state index is -3.51. The highest BCUT2D eigenvalue weighted by molar-refractivity contribution is 7.89. The highest BCUT2D eigenvalue weighted by Crippen LogP contribution is 2.23. The van der Waals surface area contributed by atoms with Gasteiger partial charge < -0.3 is 9.47 Å². The number of carbonyl (C=O) groups is 1. The number of aryl methyl sites for hydroxylation is 1. The van der Waals surface area contributed by atoms with Crippen molar-refractivity contribution < 1.29 is 13.2 Å². The largest absolute Gasteiger partial charge is 0.346 e. The van der Waals surface area contributed by atoms with Gasteiger partial charge in [-0.15, -0.1) is 0 Å². The lowest BCUT2D eigenvalue weighted by Gasteiger charge is -2.34. The molecule has 146 valence electrons. The molecule has 1 saturated heterocycles. The SMILES string of the molecule is Cc1cc(C(=O)N2CCN(S(=O)(=O)c3ccccc3)CC2)c(C)n1C(C)C. The van der Waals surface area contributed by atoms with Crippen molar-refractivity contribution in [2.75, 3.05) is 26.2 Å². The number of piperazine rings is 1. The number of rotatable bonds is 4. The molecule has 0 atom stereocenters. The van der Waals surface area contributed by atoms with Crippen LogP contribution in [0.5, 0.6) is 0 Å². The zero-order valence-electron chi connectivity index (χ0n) is 16.3. The molecule has 0 spiro atoms. The first kappa shape index (κ1) is 19.6. The maximum atomic E-state index is 13.0. The minimum absolute atomic E-state index is 0.0215. The van der Waals surface area contributed by atoms with Crippen LogP contribution < -0.4 is 0 Å². The highest BCUT2D eigenvalue weighted by Gasteiger charge is 2.31. The molecule has 0 bridgehead atoms. The van der Waals surface area contributed by atoms with Gasteiger partial charge in [0.1, 0.15) is 0 Å². The Balaban J connectivity index is 1.73. The van der Waals surface area contributed by atoms with Crippen molar-refractivity contribution in [3.05, 3.63) is 53.3 Å². The lowest BCUT2D eigenvalue weighted by Crippen LogP contribution is -2.50. The zero-order chi connectivity index (χ0) is 19.8. The van der Waals surface area contributed by atoms with Gasteiger partial charge in [-0.1, -0.05) is 18.2 Å². The van der Waals surface area contributed by atoms with Gasteiger partial charge in [-0.25, -0.2) is 8.42 Å². The smallest absolute Gasteiger partial charge is 0.255 e. The first-order valence-corrected chi connectivity index (χ1v) is 10.7. The van der Waals surface area contributed by atoms with Gasteiger partial charge in [-0.3, -0.25) is 4.79 Å².